The summed E-state index contributed by atoms with van der Waals surface area (Å²) in [5.74, 6) is 0.711. The Morgan fingerprint density at radius 3 is 2.24 bits per heavy atom. The van der Waals surface area contributed by atoms with Gasteiger partial charge in [-0.25, -0.2) is 4.98 Å². The lowest BCUT2D eigenvalue weighted by molar-refractivity contribution is -0.393. The van der Waals surface area contributed by atoms with Crippen LogP contribution >= 0.6 is 0 Å². The fourth-order valence-electron chi connectivity index (χ4n) is 2.56. The van der Waals surface area contributed by atoms with Gasteiger partial charge in [0.25, 0.3) is 11.4 Å². The topological polar surface area (TPSA) is 185 Å². The van der Waals surface area contributed by atoms with E-state index in [2.05, 4.69) is 15.5 Å². The quantitative estimate of drug-likeness (QED) is 0.281. The number of hydrogen-bond donors (Lipinski definition) is 1. The van der Waals surface area contributed by atoms with E-state index in [1.54, 1.807) is 18.2 Å². The van der Waals surface area contributed by atoms with Crippen molar-refractivity contribution in [2.24, 2.45) is 5.10 Å². The van der Waals surface area contributed by atoms with Gasteiger partial charge in [0.15, 0.2) is 11.5 Å². The second kappa shape index (κ2) is 9.78. The van der Waals surface area contributed by atoms with Crippen LogP contribution in [0.3, 0.4) is 0 Å². The van der Waals surface area contributed by atoms with Crippen molar-refractivity contribution in [3.8, 4) is 17.4 Å². The van der Waals surface area contributed by atoms with E-state index in [0.29, 0.717) is 11.3 Å². The average Bonchev–Trinajstić information content (AvgIpc) is 2.80. The summed E-state index contributed by atoms with van der Waals surface area (Å²) in [5, 5.41) is 36.6. The molecule has 1 aromatic heterocycles. The highest BCUT2D eigenvalue weighted by atomic mass is 16.6. The molecule has 3 aromatic rings. The summed E-state index contributed by atoms with van der Waals surface area (Å²) in [6.45, 7) is 0. The first-order valence-corrected chi connectivity index (χ1v) is 8.96. The molecule has 1 N–H and O–H groups in total. The number of anilines is 1. The Kier molecular flexibility index (Phi) is 6.68. The summed E-state index contributed by atoms with van der Waals surface area (Å²) in [6, 6.07) is 10.5. The minimum absolute atomic E-state index is 0.0296. The predicted octanol–water partition coefficient (Wildman–Crippen LogP) is 4.05. The highest BCUT2D eigenvalue weighted by molar-refractivity contribution is 5.82. The van der Waals surface area contributed by atoms with Gasteiger partial charge in [0, 0.05) is 18.2 Å². The number of nitrogens with zero attached hydrogens (tertiary/aromatic N) is 5. The number of pyridine rings is 1. The van der Waals surface area contributed by atoms with Gasteiger partial charge < -0.3 is 9.47 Å². The molecule has 3 rings (SSSR count). The van der Waals surface area contributed by atoms with E-state index in [-0.39, 0.29) is 23.0 Å². The molecule has 0 atom stereocenters. The van der Waals surface area contributed by atoms with Gasteiger partial charge in [0.2, 0.25) is 5.88 Å². The van der Waals surface area contributed by atoms with Crippen molar-refractivity contribution in [1.29, 1.82) is 0 Å². The number of nitro groups is 3. The fourth-order valence-corrected chi connectivity index (χ4v) is 2.56. The summed E-state index contributed by atoms with van der Waals surface area (Å²) >= 11 is 0. The number of hydrazone groups is 1. The number of non-ortho nitro benzene ring substituents is 1. The van der Waals surface area contributed by atoms with Crippen molar-refractivity contribution in [2.45, 2.75) is 0 Å². The molecule has 0 spiro atoms. The Morgan fingerprint density at radius 1 is 0.909 bits per heavy atom. The van der Waals surface area contributed by atoms with Crippen LogP contribution in [0.4, 0.5) is 22.7 Å². The summed E-state index contributed by atoms with van der Waals surface area (Å²) < 4.78 is 10.9. The maximum atomic E-state index is 11.2. The number of methoxy groups -OCH3 is 1. The highest BCUT2D eigenvalue weighted by Gasteiger charge is 2.19. The normalized spacial score (nSPS) is 10.6. The monoisotopic (exact) mass is 454 g/mol. The minimum atomic E-state index is -0.758. The van der Waals surface area contributed by atoms with E-state index in [1.165, 1.54) is 31.5 Å². The SMILES string of the molecule is COc1cc(/C=N\Nc2ccc([N+](=O)[O-])cc2[N+](=O)[O-])ccc1Oc1ccc([N+](=O)[O-])cn1. The molecule has 0 saturated carbocycles. The Bertz CT molecular complexity index is 1250. The molecule has 0 aliphatic rings. The number of ether oxygens (including phenoxy) is 2. The zero-order chi connectivity index (χ0) is 24.0. The van der Waals surface area contributed by atoms with E-state index in [4.69, 9.17) is 9.47 Å². The zero-order valence-electron chi connectivity index (χ0n) is 16.8. The first-order valence-electron chi connectivity index (χ1n) is 8.96. The number of nitro benzene ring substituents is 2. The first-order chi connectivity index (χ1) is 15.8. The van der Waals surface area contributed by atoms with Gasteiger partial charge in [-0.3, -0.25) is 35.8 Å². The van der Waals surface area contributed by atoms with Gasteiger partial charge in [-0.05, 0) is 29.8 Å². The Morgan fingerprint density at radius 2 is 1.64 bits per heavy atom. The van der Waals surface area contributed by atoms with E-state index in [1.807, 2.05) is 0 Å². The lowest BCUT2D eigenvalue weighted by Gasteiger charge is -2.10. The molecular formula is C19H14N6O8. The predicted molar refractivity (Wildman–Crippen MR) is 115 cm³/mol. The van der Waals surface area contributed by atoms with E-state index in [9.17, 15) is 30.3 Å². The average molecular weight is 454 g/mol. The number of nitrogens with one attached hydrogen (secondary N) is 1. The number of benzene rings is 2. The zero-order valence-corrected chi connectivity index (χ0v) is 16.8. The lowest BCUT2D eigenvalue weighted by atomic mass is 10.2. The van der Waals surface area contributed by atoms with Crippen molar-refractivity contribution in [3.63, 3.8) is 0 Å². The molecule has 33 heavy (non-hydrogen) atoms. The maximum Gasteiger partial charge on any atom is 0.301 e. The van der Waals surface area contributed by atoms with Crippen LogP contribution in [0.1, 0.15) is 5.56 Å². The molecule has 0 radical (unpaired) electrons. The fraction of sp³-hybridized carbons (Fsp3) is 0.0526. The molecule has 0 unspecified atom stereocenters. The molecule has 0 saturated heterocycles. The molecule has 2 aromatic carbocycles. The van der Waals surface area contributed by atoms with Gasteiger partial charge in [0.05, 0.1) is 34.2 Å². The summed E-state index contributed by atoms with van der Waals surface area (Å²) in [7, 11) is 1.41. The lowest BCUT2D eigenvalue weighted by Crippen LogP contribution is -1.99. The molecule has 14 nitrogen and oxygen atoms in total. The number of hydrogen-bond acceptors (Lipinski definition) is 11. The minimum Gasteiger partial charge on any atom is -0.493 e. The van der Waals surface area contributed by atoms with Gasteiger partial charge in [-0.2, -0.15) is 5.10 Å². The standard InChI is InChI=1S/C19H14N6O8/c1-32-18-8-12(2-6-17(18)33-19-7-4-14(11-20-19)24(28)29)10-21-22-15-5-3-13(23(26)27)9-16(15)25(30)31/h2-11,22H,1H3/b21-10-. The van der Waals surface area contributed by atoms with Crippen LogP contribution in [0.15, 0.2) is 59.8 Å². The number of rotatable bonds is 9. The summed E-state index contributed by atoms with van der Waals surface area (Å²) in [4.78, 5) is 34.5. The third kappa shape index (κ3) is 5.52. The van der Waals surface area contributed by atoms with Crippen molar-refractivity contribution < 1.29 is 24.2 Å². The van der Waals surface area contributed by atoms with E-state index >= 15 is 0 Å². The van der Waals surface area contributed by atoms with Crippen LogP contribution in [0.25, 0.3) is 0 Å². The third-order valence-electron chi connectivity index (χ3n) is 4.12. The van der Waals surface area contributed by atoms with Crippen molar-refractivity contribution in [2.75, 3.05) is 12.5 Å². The van der Waals surface area contributed by atoms with Crippen LogP contribution in [-0.2, 0) is 0 Å². The number of aromatic nitrogens is 1. The Hall–Kier alpha value is -5.14. The molecule has 14 heteroatoms. The molecule has 0 aliphatic carbocycles. The van der Waals surface area contributed by atoms with E-state index < -0.39 is 26.1 Å². The van der Waals surface area contributed by atoms with Gasteiger partial charge in [-0.1, -0.05) is 0 Å². The molecule has 168 valence electrons. The third-order valence-corrected chi connectivity index (χ3v) is 4.12. The van der Waals surface area contributed by atoms with Gasteiger partial charge in [0.1, 0.15) is 11.9 Å². The first kappa shape index (κ1) is 22.5. The summed E-state index contributed by atoms with van der Waals surface area (Å²) in [6.07, 6.45) is 2.41. The van der Waals surface area contributed by atoms with E-state index in [0.717, 1.165) is 18.3 Å². The Labute approximate surface area is 184 Å². The molecule has 1 heterocycles. The molecular weight excluding hydrogens is 440 g/mol. The maximum absolute atomic E-state index is 11.2. The van der Waals surface area contributed by atoms with Gasteiger partial charge >= 0.3 is 5.69 Å². The van der Waals surface area contributed by atoms with Gasteiger partial charge in [-0.15, -0.1) is 0 Å². The molecule has 0 fully saturated rings. The molecule has 0 amide bonds. The summed E-state index contributed by atoms with van der Waals surface area (Å²) in [5.41, 5.74) is 1.89. The van der Waals surface area contributed by atoms with Crippen molar-refractivity contribution >= 4 is 29.0 Å². The van der Waals surface area contributed by atoms with Crippen molar-refractivity contribution in [1.82, 2.24) is 4.98 Å². The van der Waals surface area contributed by atoms with Crippen LogP contribution < -0.4 is 14.9 Å². The highest BCUT2D eigenvalue weighted by Crippen LogP contribution is 2.32. The van der Waals surface area contributed by atoms with Crippen LogP contribution in [0.5, 0.6) is 17.4 Å². The molecule has 0 bridgehead atoms. The second-order valence-electron chi connectivity index (χ2n) is 6.21. The van der Waals surface area contributed by atoms with Crippen LogP contribution in [0.2, 0.25) is 0 Å². The second-order valence-corrected chi connectivity index (χ2v) is 6.21. The van der Waals surface area contributed by atoms with Crippen molar-refractivity contribution in [3.05, 3.63) is 90.6 Å². The molecule has 0 aliphatic heterocycles. The largest absolute Gasteiger partial charge is 0.493 e. The van der Waals surface area contributed by atoms with Crippen LogP contribution in [0, 0.1) is 30.3 Å². The smallest absolute Gasteiger partial charge is 0.301 e. The van der Waals surface area contributed by atoms with Crippen LogP contribution in [-0.4, -0.2) is 33.1 Å². The Balaban J connectivity index is 1.75.